The van der Waals surface area contributed by atoms with Crippen LogP contribution in [0, 0.1) is 0 Å². The zero-order chi connectivity index (χ0) is 22.1. The minimum atomic E-state index is -0.954. The van der Waals surface area contributed by atoms with Gasteiger partial charge in [0.15, 0.2) is 0 Å². The highest BCUT2D eigenvalue weighted by atomic mass is 16.7. The fourth-order valence-electron chi connectivity index (χ4n) is 1.97. The second-order valence-corrected chi connectivity index (χ2v) is 6.64. The second-order valence-electron chi connectivity index (χ2n) is 6.64. The number of aromatic nitrogens is 8. The highest BCUT2D eigenvalue weighted by molar-refractivity contribution is 5.59. The molecule has 2 aromatic rings. The lowest BCUT2D eigenvalue weighted by Gasteiger charge is -2.14. The van der Waals surface area contributed by atoms with E-state index in [-0.39, 0.29) is 13.2 Å². The number of ether oxygens (including phenoxy) is 4. The second kappa shape index (κ2) is 11.1. The van der Waals surface area contributed by atoms with Gasteiger partial charge in [-0.05, 0) is 38.1 Å². The molecule has 0 aliphatic heterocycles. The number of tetrazole rings is 2. The lowest BCUT2D eigenvalue weighted by molar-refractivity contribution is -0.0458. The molecule has 0 aliphatic rings. The molecule has 0 saturated heterocycles. The Morgan fingerprint density at radius 2 is 1.27 bits per heavy atom. The van der Waals surface area contributed by atoms with Crippen LogP contribution in [0.1, 0.15) is 51.8 Å². The zero-order valence-corrected chi connectivity index (χ0v) is 17.5. The van der Waals surface area contributed by atoms with Crippen molar-refractivity contribution in [3.05, 3.63) is 36.0 Å². The summed E-state index contributed by atoms with van der Waals surface area (Å²) in [6.07, 6.45) is -2.64. The van der Waals surface area contributed by atoms with Gasteiger partial charge >= 0.3 is 6.16 Å². The Bertz CT molecular complexity index is 796. The lowest BCUT2D eigenvalue weighted by Crippen LogP contribution is -2.22. The first-order valence-corrected chi connectivity index (χ1v) is 9.13. The van der Waals surface area contributed by atoms with Crippen molar-refractivity contribution in [1.29, 1.82) is 0 Å². The highest BCUT2D eigenvalue weighted by Crippen LogP contribution is 2.11. The number of nitrogens with zero attached hydrogens (tertiary/aromatic N) is 8. The van der Waals surface area contributed by atoms with Crippen LogP contribution in [0.5, 0.6) is 0 Å². The van der Waals surface area contributed by atoms with E-state index in [2.05, 4.69) is 44.0 Å². The Labute approximate surface area is 173 Å². The first-order chi connectivity index (χ1) is 14.2. The van der Waals surface area contributed by atoms with Crippen molar-refractivity contribution in [3.8, 4) is 0 Å². The standard InChI is InChI=1S/C17H26N8O5/c1-11(2)7-27-9-15-18-22-24(20-15)13(5)29-17(26)30-14(6)25-21-16(19-23-25)10-28-8-12(3)4/h13-14H,1,3,7-10H2,2,4-6H3. The fourth-order valence-corrected chi connectivity index (χ4v) is 1.97. The van der Waals surface area contributed by atoms with E-state index in [4.69, 9.17) is 18.9 Å². The predicted octanol–water partition coefficient (Wildman–Crippen LogP) is 1.74. The maximum absolute atomic E-state index is 12.0. The van der Waals surface area contributed by atoms with Gasteiger partial charge < -0.3 is 18.9 Å². The van der Waals surface area contributed by atoms with Crippen molar-refractivity contribution in [3.63, 3.8) is 0 Å². The van der Waals surface area contributed by atoms with Crippen molar-refractivity contribution in [2.45, 2.75) is 53.4 Å². The molecule has 2 aromatic heterocycles. The monoisotopic (exact) mass is 422 g/mol. The van der Waals surface area contributed by atoms with Crippen molar-refractivity contribution >= 4 is 6.16 Å². The summed E-state index contributed by atoms with van der Waals surface area (Å²) in [6, 6.07) is 0. The van der Waals surface area contributed by atoms with Gasteiger partial charge in [-0.15, -0.1) is 30.0 Å². The Balaban J connectivity index is 1.79. The topological polar surface area (TPSA) is 141 Å². The van der Waals surface area contributed by atoms with Crippen LogP contribution in [-0.2, 0) is 32.2 Å². The molecule has 30 heavy (non-hydrogen) atoms. The highest BCUT2D eigenvalue weighted by Gasteiger charge is 2.20. The molecule has 0 saturated carbocycles. The molecular weight excluding hydrogens is 396 g/mol. The van der Waals surface area contributed by atoms with Crippen molar-refractivity contribution in [2.75, 3.05) is 13.2 Å². The third-order valence-corrected chi connectivity index (χ3v) is 3.28. The predicted molar refractivity (Wildman–Crippen MR) is 102 cm³/mol. The summed E-state index contributed by atoms with van der Waals surface area (Å²) in [6.45, 7) is 15.4. The van der Waals surface area contributed by atoms with Gasteiger partial charge in [-0.1, -0.05) is 24.3 Å². The largest absolute Gasteiger partial charge is 0.512 e. The van der Waals surface area contributed by atoms with Gasteiger partial charge in [-0.3, -0.25) is 0 Å². The van der Waals surface area contributed by atoms with Crippen molar-refractivity contribution < 1.29 is 23.7 Å². The Hall–Kier alpha value is -3.19. The molecule has 0 aromatic carbocycles. The summed E-state index contributed by atoms with van der Waals surface area (Å²) in [4.78, 5) is 14.3. The number of carbonyl (C=O) groups is 1. The van der Waals surface area contributed by atoms with Crippen LogP contribution in [0.2, 0.25) is 0 Å². The zero-order valence-electron chi connectivity index (χ0n) is 17.5. The third-order valence-electron chi connectivity index (χ3n) is 3.28. The van der Waals surface area contributed by atoms with Gasteiger partial charge in [0.1, 0.15) is 13.2 Å². The Kier molecular flexibility index (Phi) is 8.55. The van der Waals surface area contributed by atoms with Crippen LogP contribution >= 0.6 is 0 Å². The SMILES string of the molecule is C=C(C)COCc1nnn(C(C)OC(=O)OC(C)n2nnc(COCC(=C)C)n2)n1. The average Bonchev–Trinajstić information content (AvgIpc) is 3.30. The molecule has 0 amide bonds. The molecule has 0 aliphatic carbocycles. The van der Waals surface area contributed by atoms with Crippen molar-refractivity contribution in [1.82, 2.24) is 40.4 Å². The molecule has 0 radical (unpaired) electrons. The fraction of sp³-hybridized carbons (Fsp3) is 0.588. The molecule has 0 fully saturated rings. The summed E-state index contributed by atoms with van der Waals surface area (Å²) in [5.41, 5.74) is 1.76. The first-order valence-electron chi connectivity index (χ1n) is 9.13. The van der Waals surface area contributed by atoms with Crippen LogP contribution in [0.15, 0.2) is 24.3 Å². The van der Waals surface area contributed by atoms with Crippen LogP contribution in [0.3, 0.4) is 0 Å². The van der Waals surface area contributed by atoms with Gasteiger partial charge in [0.05, 0.1) is 13.2 Å². The van der Waals surface area contributed by atoms with Crippen LogP contribution in [-0.4, -0.2) is 59.8 Å². The lowest BCUT2D eigenvalue weighted by atomic mass is 10.4. The minimum Gasteiger partial charge on any atom is -0.407 e. The molecule has 0 N–H and O–H groups in total. The van der Waals surface area contributed by atoms with E-state index in [1.807, 2.05) is 13.8 Å². The molecule has 2 rings (SSSR count). The molecule has 0 spiro atoms. The van der Waals surface area contributed by atoms with E-state index in [9.17, 15) is 4.79 Å². The van der Waals surface area contributed by atoms with Crippen LogP contribution < -0.4 is 0 Å². The van der Waals surface area contributed by atoms with Crippen molar-refractivity contribution in [2.24, 2.45) is 0 Å². The summed E-state index contributed by atoms with van der Waals surface area (Å²) in [7, 11) is 0. The normalized spacial score (nSPS) is 12.9. The Morgan fingerprint density at radius 3 is 1.63 bits per heavy atom. The number of hydrogen-bond acceptors (Lipinski definition) is 11. The molecule has 0 bridgehead atoms. The molecular formula is C17H26N8O5. The minimum absolute atomic E-state index is 0.164. The van der Waals surface area contributed by atoms with Crippen LogP contribution in [0.4, 0.5) is 4.79 Å². The number of carbonyl (C=O) groups excluding carboxylic acids is 1. The molecule has 2 unspecified atom stereocenters. The van der Waals surface area contributed by atoms with E-state index in [1.165, 1.54) is 0 Å². The maximum Gasteiger partial charge on any atom is 0.512 e. The van der Waals surface area contributed by atoms with E-state index in [1.54, 1.807) is 13.8 Å². The van der Waals surface area contributed by atoms with Crippen LogP contribution in [0.25, 0.3) is 0 Å². The molecule has 13 heteroatoms. The smallest absolute Gasteiger partial charge is 0.407 e. The van der Waals surface area contributed by atoms with E-state index in [0.717, 1.165) is 20.7 Å². The molecule has 164 valence electrons. The summed E-state index contributed by atoms with van der Waals surface area (Å²) in [5.74, 6) is 0.697. The molecule has 2 atom stereocenters. The quantitative estimate of drug-likeness (QED) is 0.364. The molecule has 2 heterocycles. The number of rotatable bonds is 12. The van der Waals surface area contributed by atoms with Gasteiger partial charge in [0.25, 0.3) is 0 Å². The summed E-state index contributed by atoms with van der Waals surface area (Å²) < 4.78 is 21.0. The van der Waals surface area contributed by atoms with E-state index in [0.29, 0.717) is 24.9 Å². The van der Waals surface area contributed by atoms with Gasteiger partial charge in [0, 0.05) is 0 Å². The summed E-state index contributed by atoms with van der Waals surface area (Å²) in [5, 5.41) is 23.5. The Morgan fingerprint density at radius 1 is 0.867 bits per heavy atom. The average molecular weight is 422 g/mol. The molecule has 13 nitrogen and oxygen atoms in total. The van der Waals surface area contributed by atoms with E-state index >= 15 is 0 Å². The van der Waals surface area contributed by atoms with E-state index < -0.39 is 18.6 Å². The van der Waals surface area contributed by atoms with Gasteiger partial charge in [-0.2, -0.15) is 0 Å². The van der Waals surface area contributed by atoms with Gasteiger partial charge in [0.2, 0.25) is 24.1 Å². The van der Waals surface area contributed by atoms with Gasteiger partial charge in [-0.25, -0.2) is 4.79 Å². The maximum atomic E-state index is 12.0. The first kappa shape index (κ1) is 23.1. The number of hydrogen-bond donors (Lipinski definition) is 0. The summed E-state index contributed by atoms with van der Waals surface area (Å²) >= 11 is 0. The third kappa shape index (κ3) is 7.67.